The van der Waals surface area contributed by atoms with Gasteiger partial charge >= 0.3 is 45.1 Å². The maximum Gasteiger partial charge on any atom is 0.466 e. The Balaban J connectivity index is 5.89. The van der Waals surface area contributed by atoms with Gasteiger partial charge < -0.3 is 14.8 Å². The number of hydrogen-bond acceptors (Lipinski definition) is 6. The highest BCUT2D eigenvalue weighted by Crippen LogP contribution is 2.42. The fourth-order valence-electron chi connectivity index (χ4n) is 1.53. The van der Waals surface area contributed by atoms with Gasteiger partial charge in [-0.2, -0.15) is 39.2 Å². The van der Waals surface area contributed by atoms with Crippen LogP contribution in [0.3, 0.4) is 0 Å². The molecule has 0 fully saturated rings. The smallest absolute Gasteiger partial charge is 0.412 e. The zero-order valence-corrected chi connectivity index (χ0v) is 15.0. The van der Waals surface area contributed by atoms with Crippen molar-refractivity contribution in [2.45, 2.75) is 29.6 Å². The number of carbonyl (C=O) groups is 2. The first-order valence-corrected chi connectivity index (χ1v) is 8.51. The third-order valence-corrected chi connectivity index (χ3v) is 3.91. The SMILES string of the molecule is C=CCNC(=O)C(OCCC(F)(F)C(F)(F)S(=O)(=O)O)(OC(=O)C=C)C(F)(F)F. The van der Waals surface area contributed by atoms with E-state index in [-0.39, 0.29) is 6.08 Å². The van der Waals surface area contributed by atoms with Gasteiger partial charge in [-0.3, -0.25) is 9.35 Å². The van der Waals surface area contributed by atoms with Crippen LogP contribution in [0, 0.1) is 0 Å². The minimum atomic E-state index is -6.66. The van der Waals surface area contributed by atoms with Crippen molar-refractivity contribution in [3.05, 3.63) is 25.3 Å². The second kappa shape index (κ2) is 9.08. The molecule has 0 bridgehead atoms. The number of ether oxygens (including phenoxy) is 2. The Morgan fingerprint density at radius 2 is 1.59 bits per heavy atom. The van der Waals surface area contributed by atoms with Crippen LogP contribution >= 0.6 is 0 Å². The molecule has 0 spiro atoms. The van der Waals surface area contributed by atoms with Crippen LogP contribution in [0.1, 0.15) is 6.42 Å². The van der Waals surface area contributed by atoms with Crippen LogP contribution in [0.2, 0.25) is 0 Å². The Morgan fingerprint density at radius 3 is 1.97 bits per heavy atom. The highest BCUT2D eigenvalue weighted by atomic mass is 32.2. The molecule has 8 nitrogen and oxygen atoms in total. The first-order chi connectivity index (χ1) is 12.9. The number of rotatable bonds is 11. The van der Waals surface area contributed by atoms with E-state index in [4.69, 9.17) is 4.55 Å². The third-order valence-electron chi connectivity index (χ3n) is 2.96. The van der Waals surface area contributed by atoms with Crippen molar-refractivity contribution in [2.75, 3.05) is 13.2 Å². The molecule has 0 saturated carbocycles. The summed E-state index contributed by atoms with van der Waals surface area (Å²) in [6.07, 6.45) is -7.29. The molecule has 0 saturated heterocycles. The molecule has 1 amide bonds. The van der Waals surface area contributed by atoms with Crippen molar-refractivity contribution in [3.8, 4) is 0 Å². The standard InChI is InChI=1S/C13H14F7NO7S/c1-3-6-21-9(23)11(12(16,17)18,28-8(22)4-2)27-7-5-10(14,15)13(19,20)29(24,25)26/h3-4H,1-2,5-7H2,(H,21,23)(H,24,25,26). The largest absolute Gasteiger partial charge is 0.466 e. The summed E-state index contributed by atoms with van der Waals surface area (Å²) >= 11 is 0. The molecule has 16 heteroatoms. The van der Waals surface area contributed by atoms with Gasteiger partial charge in [-0.1, -0.05) is 12.7 Å². The molecule has 0 aliphatic rings. The number of nitrogens with one attached hydrogen (secondary N) is 1. The number of alkyl halides is 7. The average molecular weight is 461 g/mol. The van der Waals surface area contributed by atoms with Gasteiger partial charge in [0, 0.05) is 19.0 Å². The molecular formula is C13H14F7NO7S. The maximum atomic E-state index is 13.4. The molecule has 168 valence electrons. The number of halogens is 7. The predicted molar refractivity (Wildman–Crippen MR) is 80.3 cm³/mol. The molecule has 0 heterocycles. The Labute approximate surface area is 159 Å². The number of hydrogen-bond donors (Lipinski definition) is 2. The van der Waals surface area contributed by atoms with E-state index in [9.17, 15) is 48.7 Å². The second-order valence-corrected chi connectivity index (χ2v) is 6.50. The molecule has 29 heavy (non-hydrogen) atoms. The Bertz CT molecular complexity index is 751. The van der Waals surface area contributed by atoms with E-state index in [1.807, 2.05) is 0 Å². The van der Waals surface area contributed by atoms with Gasteiger partial charge in [0.05, 0.1) is 6.61 Å². The Morgan fingerprint density at radius 1 is 1.07 bits per heavy atom. The van der Waals surface area contributed by atoms with Crippen LogP contribution in [0.25, 0.3) is 0 Å². The molecule has 1 unspecified atom stereocenters. The summed E-state index contributed by atoms with van der Waals surface area (Å²) in [6, 6.07) is 0. The van der Waals surface area contributed by atoms with Crippen LogP contribution in [-0.4, -0.2) is 61.1 Å². The van der Waals surface area contributed by atoms with Crippen LogP contribution in [0.15, 0.2) is 25.3 Å². The summed E-state index contributed by atoms with van der Waals surface area (Å²) in [5.74, 6) is -14.3. The van der Waals surface area contributed by atoms with Crippen molar-refractivity contribution in [3.63, 3.8) is 0 Å². The second-order valence-electron chi connectivity index (χ2n) is 5.03. The predicted octanol–water partition coefficient (Wildman–Crippen LogP) is 1.80. The minimum absolute atomic E-state index is 0.158. The Hall–Kier alpha value is -2.20. The third kappa shape index (κ3) is 5.89. The average Bonchev–Trinajstić information content (AvgIpc) is 2.55. The quantitative estimate of drug-likeness (QED) is 0.120. The summed E-state index contributed by atoms with van der Waals surface area (Å²) < 4.78 is 130. The van der Waals surface area contributed by atoms with Gasteiger partial charge in [-0.15, -0.1) is 6.58 Å². The molecule has 2 N–H and O–H groups in total. The van der Waals surface area contributed by atoms with E-state index < -0.39 is 64.7 Å². The number of amides is 1. The number of carbonyl (C=O) groups excluding carboxylic acids is 2. The summed E-state index contributed by atoms with van der Waals surface area (Å²) in [7, 11) is -6.66. The first-order valence-electron chi connectivity index (χ1n) is 7.07. The van der Waals surface area contributed by atoms with Crippen LogP contribution in [0.5, 0.6) is 0 Å². The molecular weight excluding hydrogens is 447 g/mol. The van der Waals surface area contributed by atoms with E-state index in [0.717, 1.165) is 6.08 Å². The topological polar surface area (TPSA) is 119 Å². The van der Waals surface area contributed by atoms with Crippen molar-refractivity contribution < 1.29 is 62.8 Å². The van der Waals surface area contributed by atoms with Crippen molar-refractivity contribution in [1.29, 1.82) is 0 Å². The van der Waals surface area contributed by atoms with Gasteiger partial charge in [0.2, 0.25) is 0 Å². The minimum Gasteiger partial charge on any atom is -0.412 e. The molecule has 0 radical (unpaired) electrons. The molecule has 0 rings (SSSR count). The van der Waals surface area contributed by atoms with Gasteiger partial charge in [-0.05, 0) is 0 Å². The normalized spacial score (nSPS) is 15.2. The van der Waals surface area contributed by atoms with Gasteiger partial charge in [0.25, 0.3) is 0 Å². The molecule has 0 aromatic carbocycles. The lowest BCUT2D eigenvalue weighted by molar-refractivity contribution is -0.349. The molecule has 0 aliphatic heterocycles. The first kappa shape index (κ1) is 26.8. The lowest BCUT2D eigenvalue weighted by Gasteiger charge is -2.33. The lowest BCUT2D eigenvalue weighted by Crippen LogP contribution is -2.61. The molecule has 0 aromatic rings. The van der Waals surface area contributed by atoms with Crippen molar-refractivity contribution in [2.24, 2.45) is 0 Å². The fourth-order valence-corrected chi connectivity index (χ4v) is 2.01. The van der Waals surface area contributed by atoms with E-state index >= 15 is 0 Å². The summed E-state index contributed by atoms with van der Waals surface area (Å²) in [5, 5.41) is -4.56. The zero-order valence-electron chi connectivity index (χ0n) is 14.1. The lowest BCUT2D eigenvalue weighted by atomic mass is 10.2. The van der Waals surface area contributed by atoms with E-state index in [2.05, 4.69) is 22.6 Å². The van der Waals surface area contributed by atoms with Crippen LogP contribution in [-0.2, 0) is 29.2 Å². The van der Waals surface area contributed by atoms with Crippen LogP contribution < -0.4 is 5.32 Å². The summed E-state index contributed by atoms with van der Waals surface area (Å²) in [5.41, 5.74) is 0. The highest BCUT2D eigenvalue weighted by molar-refractivity contribution is 7.87. The van der Waals surface area contributed by atoms with Gasteiger partial charge in [0.1, 0.15) is 0 Å². The fraction of sp³-hybridized carbons (Fsp3) is 0.538. The van der Waals surface area contributed by atoms with E-state index in [0.29, 0.717) is 0 Å². The summed E-state index contributed by atoms with van der Waals surface area (Å²) in [6.45, 7) is 3.14. The molecule has 1 atom stereocenters. The zero-order chi connectivity index (χ0) is 23.3. The summed E-state index contributed by atoms with van der Waals surface area (Å²) in [4.78, 5) is 23.0. The van der Waals surface area contributed by atoms with E-state index in [1.54, 1.807) is 0 Å². The van der Waals surface area contributed by atoms with Gasteiger partial charge in [0.15, 0.2) is 0 Å². The van der Waals surface area contributed by atoms with Crippen molar-refractivity contribution >= 4 is 22.0 Å². The highest BCUT2D eigenvalue weighted by Gasteiger charge is 2.68. The van der Waals surface area contributed by atoms with E-state index in [1.165, 1.54) is 5.32 Å². The maximum absolute atomic E-state index is 13.4. The van der Waals surface area contributed by atoms with Gasteiger partial charge in [-0.25, -0.2) is 4.79 Å². The monoisotopic (exact) mass is 461 g/mol. The molecule has 0 aliphatic carbocycles. The van der Waals surface area contributed by atoms with Crippen molar-refractivity contribution in [1.82, 2.24) is 5.32 Å². The Kier molecular flexibility index (Phi) is 8.39. The number of esters is 1. The molecule has 0 aromatic heterocycles. The van der Waals surface area contributed by atoms with Crippen LogP contribution in [0.4, 0.5) is 30.7 Å².